The van der Waals surface area contributed by atoms with Crippen LogP contribution in [0.4, 0.5) is 10.5 Å². The second-order valence-electron chi connectivity index (χ2n) is 5.27. The summed E-state index contributed by atoms with van der Waals surface area (Å²) in [4.78, 5) is 38.9. The Balaban J connectivity index is 1.48. The Kier molecular flexibility index (Phi) is 4.27. The van der Waals surface area contributed by atoms with Crippen molar-refractivity contribution >= 4 is 62.9 Å². The highest BCUT2D eigenvalue weighted by Gasteiger charge is 2.36. The smallest absolute Gasteiger partial charge is 0.294 e. The highest BCUT2D eigenvalue weighted by atomic mass is 32.2. The summed E-state index contributed by atoms with van der Waals surface area (Å²) in [7, 11) is 0. The van der Waals surface area contributed by atoms with Gasteiger partial charge < -0.3 is 5.32 Å². The Bertz CT molecular complexity index is 1040. The van der Waals surface area contributed by atoms with E-state index in [0.717, 1.165) is 21.5 Å². The number of thioether (sulfide) groups is 1. The molecule has 0 saturated carbocycles. The first-order valence-corrected chi connectivity index (χ1v) is 9.11. The van der Waals surface area contributed by atoms with E-state index >= 15 is 0 Å². The van der Waals surface area contributed by atoms with Gasteiger partial charge in [-0.1, -0.05) is 12.1 Å². The zero-order valence-corrected chi connectivity index (χ0v) is 14.7. The van der Waals surface area contributed by atoms with Crippen molar-refractivity contribution in [1.82, 2.24) is 15.2 Å². The third-order valence-corrected chi connectivity index (χ3v) is 5.28. The van der Waals surface area contributed by atoms with Gasteiger partial charge in [0.05, 0.1) is 10.6 Å². The highest BCUT2D eigenvalue weighted by molar-refractivity contribution is 8.18. The molecule has 1 fully saturated rings. The van der Waals surface area contributed by atoms with Gasteiger partial charge >= 0.3 is 0 Å². The van der Waals surface area contributed by atoms with Crippen LogP contribution in [0.1, 0.15) is 4.88 Å². The third kappa shape index (κ3) is 3.11. The minimum atomic E-state index is -0.514. The van der Waals surface area contributed by atoms with Crippen molar-refractivity contribution in [1.29, 1.82) is 0 Å². The summed E-state index contributed by atoms with van der Waals surface area (Å²) in [6, 6.07) is 8.71. The van der Waals surface area contributed by atoms with E-state index in [1.54, 1.807) is 24.3 Å². The molecule has 8 nitrogen and oxygen atoms in total. The van der Waals surface area contributed by atoms with Crippen molar-refractivity contribution in [2.75, 3.05) is 11.9 Å². The molecule has 10 heteroatoms. The average Bonchev–Trinajstić information content (AvgIpc) is 3.34. The Morgan fingerprint density at radius 1 is 1.23 bits per heavy atom. The molecule has 3 aromatic rings. The first kappa shape index (κ1) is 16.5. The van der Waals surface area contributed by atoms with Crippen LogP contribution < -0.4 is 5.32 Å². The van der Waals surface area contributed by atoms with Crippen molar-refractivity contribution in [3.05, 3.63) is 45.5 Å². The molecule has 0 aliphatic carbocycles. The topological polar surface area (TPSA) is 105 Å². The number of carbonyl (C=O) groups excluding carboxylic acids is 3. The van der Waals surface area contributed by atoms with Crippen LogP contribution in [-0.2, 0) is 9.59 Å². The predicted molar refractivity (Wildman–Crippen MR) is 97.4 cm³/mol. The molecular weight excluding hydrogens is 376 g/mol. The first-order chi connectivity index (χ1) is 12.6. The maximum atomic E-state index is 12.4. The standard InChI is InChI=1S/C16H10N4O4S2/c21-13(17-10-4-1-5-11-14(10)19-24-18-11)8-20-15(22)12(26-16(20)23)7-9-3-2-6-25-9/h1-7H,8H2,(H,17,21). The van der Waals surface area contributed by atoms with Crippen LogP contribution in [0.5, 0.6) is 0 Å². The van der Waals surface area contributed by atoms with E-state index in [2.05, 4.69) is 20.3 Å². The molecule has 2 aromatic heterocycles. The van der Waals surface area contributed by atoms with Crippen LogP contribution in [0, 0.1) is 0 Å². The van der Waals surface area contributed by atoms with Gasteiger partial charge in [0.1, 0.15) is 12.1 Å². The summed E-state index contributed by atoms with van der Waals surface area (Å²) in [6.45, 7) is -0.381. The lowest BCUT2D eigenvalue weighted by Crippen LogP contribution is -2.36. The van der Waals surface area contributed by atoms with E-state index in [1.165, 1.54) is 11.3 Å². The van der Waals surface area contributed by atoms with E-state index in [9.17, 15) is 14.4 Å². The predicted octanol–water partition coefficient (Wildman–Crippen LogP) is 2.96. The fraction of sp³-hybridized carbons (Fsp3) is 0.0625. The van der Waals surface area contributed by atoms with Crippen LogP contribution in [-0.4, -0.2) is 38.8 Å². The van der Waals surface area contributed by atoms with E-state index in [0.29, 0.717) is 21.6 Å². The molecule has 0 radical (unpaired) electrons. The number of thiophene rings is 1. The van der Waals surface area contributed by atoms with Gasteiger partial charge in [0.2, 0.25) is 5.91 Å². The molecule has 0 spiro atoms. The molecule has 3 heterocycles. The van der Waals surface area contributed by atoms with Crippen molar-refractivity contribution in [2.45, 2.75) is 0 Å². The van der Waals surface area contributed by atoms with E-state index in [-0.39, 0.29) is 6.54 Å². The number of benzene rings is 1. The van der Waals surface area contributed by atoms with Crippen LogP contribution in [0.15, 0.2) is 45.2 Å². The van der Waals surface area contributed by atoms with Crippen molar-refractivity contribution in [2.24, 2.45) is 0 Å². The van der Waals surface area contributed by atoms with Gasteiger partial charge in [-0.25, -0.2) is 4.63 Å². The molecule has 0 bridgehead atoms. The lowest BCUT2D eigenvalue weighted by molar-refractivity contribution is -0.127. The van der Waals surface area contributed by atoms with Gasteiger partial charge in [0, 0.05) is 4.88 Å². The van der Waals surface area contributed by atoms with Crippen LogP contribution in [0.2, 0.25) is 0 Å². The summed E-state index contributed by atoms with van der Waals surface area (Å²) < 4.78 is 4.64. The van der Waals surface area contributed by atoms with Gasteiger partial charge in [-0.2, -0.15) is 0 Å². The fourth-order valence-electron chi connectivity index (χ4n) is 2.38. The van der Waals surface area contributed by atoms with E-state index < -0.39 is 17.1 Å². The zero-order valence-electron chi connectivity index (χ0n) is 13.0. The number of hydrogen-bond acceptors (Lipinski definition) is 8. The summed E-state index contributed by atoms with van der Waals surface area (Å²) in [5, 5.41) is 11.4. The Morgan fingerprint density at radius 3 is 2.92 bits per heavy atom. The van der Waals surface area contributed by atoms with Crippen molar-refractivity contribution in [3.63, 3.8) is 0 Å². The lowest BCUT2D eigenvalue weighted by atomic mass is 10.2. The second kappa shape index (κ2) is 6.73. The number of anilines is 1. The lowest BCUT2D eigenvalue weighted by Gasteiger charge is -2.12. The second-order valence-corrected chi connectivity index (χ2v) is 7.24. The molecule has 0 atom stereocenters. The van der Waals surface area contributed by atoms with Gasteiger partial charge in [-0.05, 0) is 51.7 Å². The number of hydrogen-bond donors (Lipinski definition) is 1. The van der Waals surface area contributed by atoms with E-state index in [4.69, 9.17) is 0 Å². The Morgan fingerprint density at radius 2 is 2.12 bits per heavy atom. The normalized spacial score (nSPS) is 16.0. The van der Waals surface area contributed by atoms with Crippen LogP contribution in [0.25, 0.3) is 17.1 Å². The first-order valence-electron chi connectivity index (χ1n) is 7.42. The van der Waals surface area contributed by atoms with Gasteiger partial charge in [-0.3, -0.25) is 19.3 Å². The number of fused-ring (bicyclic) bond motifs is 1. The molecule has 1 aromatic carbocycles. The maximum absolute atomic E-state index is 12.4. The Hall–Kier alpha value is -2.98. The average molecular weight is 386 g/mol. The molecule has 4 rings (SSSR count). The summed E-state index contributed by atoms with van der Waals surface area (Å²) in [5.74, 6) is -0.995. The monoisotopic (exact) mass is 386 g/mol. The minimum Gasteiger partial charge on any atom is -0.322 e. The number of imide groups is 1. The quantitative estimate of drug-likeness (QED) is 0.687. The number of amides is 3. The van der Waals surface area contributed by atoms with Gasteiger partial charge in [-0.15, -0.1) is 11.3 Å². The number of nitrogens with one attached hydrogen (secondary N) is 1. The fourth-order valence-corrected chi connectivity index (χ4v) is 3.94. The summed E-state index contributed by atoms with van der Waals surface area (Å²) >= 11 is 2.28. The van der Waals surface area contributed by atoms with Crippen LogP contribution >= 0.6 is 23.1 Å². The van der Waals surface area contributed by atoms with Crippen LogP contribution in [0.3, 0.4) is 0 Å². The number of aromatic nitrogens is 2. The molecule has 1 N–H and O–H groups in total. The van der Waals surface area contributed by atoms with Crippen molar-refractivity contribution < 1.29 is 19.0 Å². The summed E-state index contributed by atoms with van der Waals surface area (Å²) in [5.41, 5.74) is 1.29. The molecule has 1 aliphatic rings. The number of carbonyl (C=O) groups is 3. The SMILES string of the molecule is O=C(CN1C(=O)SC(=Cc2cccs2)C1=O)Nc1cccc2nonc12. The number of nitrogens with zero attached hydrogens (tertiary/aromatic N) is 3. The van der Waals surface area contributed by atoms with E-state index in [1.807, 2.05) is 17.5 Å². The highest BCUT2D eigenvalue weighted by Crippen LogP contribution is 2.32. The molecule has 130 valence electrons. The molecule has 3 amide bonds. The molecule has 0 unspecified atom stereocenters. The molecule has 26 heavy (non-hydrogen) atoms. The summed E-state index contributed by atoms with van der Waals surface area (Å²) in [6.07, 6.45) is 1.65. The molecule has 1 saturated heterocycles. The minimum absolute atomic E-state index is 0.299. The van der Waals surface area contributed by atoms with Crippen molar-refractivity contribution in [3.8, 4) is 0 Å². The van der Waals surface area contributed by atoms with Gasteiger partial charge in [0.25, 0.3) is 11.1 Å². The molecular formula is C16H10N4O4S2. The molecule has 1 aliphatic heterocycles. The van der Waals surface area contributed by atoms with Gasteiger partial charge in [0.15, 0.2) is 5.52 Å². The Labute approximate surface area is 154 Å². The number of rotatable bonds is 4. The third-order valence-electron chi connectivity index (χ3n) is 3.55. The maximum Gasteiger partial charge on any atom is 0.294 e. The zero-order chi connectivity index (χ0) is 18.1. The largest absolute Gasteiger partial charge is 0.322 e.